The van der Waals surface area contributed by atoms with Crippen molar-refractivity contribution in [2.24, 2.45) is 0 Å². The molecule has 0 aliphatic carbocycles. The van der Waals surface area contributed by atoms with E-state index in [1.54, 1.807) is 48.5 Å². The number of ether oxygens (including phenoxy) is 2. The van der Waals surface area contributed by atoms with Crippen LogP contribution in [0.25, 0.3) is 0 Å². The zero-order valence-electron chi connectivity index (χ0n) is 15.6. The second kappa shape index (κ2) is 8.19. The molecule has 146 valence electrons. The highest BCUT2D eigenvalue weighted by Gasteiger charge is 2.49. The van der Waals surface area contributed by atoms with E-state index in [2.05, 4.69) is 0 Å². The molecule has 3 aromatic rings. The van der Waals surface area contributed by atoms with Crippen LogP contribution >= 0.6 is 11.6 Å². The third kappa shape index (κ3) is 3.82. The smallest absolute Gasteiger partial charge is 0.340 e. The van der Waals surface area contributed by atoms with Gasteiger partial charge in [-0.15, -0.1) is 0 Å². The van der Waals surface area contributed by atoms with Gasteiger partial charge in [0.1, 0.15) is 0 Å². The Kier molecular flexibility index (Phi) is 5.47. The van der Waals surface area contributed by atoms with Crippen molar-refractivity contribution in [3.8, 4) is 0 Å². The fraction of sp³-hybridized carbons (Fsp3) is 0.167. The number of hydrogen-bond donors (Lipinski definition) is 0. The summed E-state index contributed by atoms with van der Waals surface area (Å²) < 4.78 is 11.6. The first-order chi connectivity index (χ1) is 14.1. The Hall–Kier alpha value is -2.95. The van der Waals surface area contributed by atoms with Crippen LogP contribution in [-0.2, 0) is 21.7 Å². The highest BCUT2D eigenvalue weighted by Crippen LogP contribution is 2.39. The van der Waals surface area contributed by atoms with Crippen LogP contribution in [0.1, 0.15) is 38.3 Å². The van der Waals surface area contributed by atoms with Crippen LogP contribution in [0.15, 0.2) is 78.9 Å². The number of hydrogen-bond acceptors (Lipinski definition) is 4. The Morgan fingerprint density at radius 1 is 0.828 bits per heavy atom. The molecule has 1 aliphatic heterocycles. The van der Waals surface area contributed by atoms with Crippen LogP contribution < -0.4 is 0 Å². The third-order valence-electron chi connectivity index (χ3n) is 5.05. The van der Waals surface area contributed by atoms with Crippen LogP contribution in [0.2, 0.25) is 5.02 Å². The van der Waals surface area contributed by atoms with E-state index in [-0.39, 0.29) is 24.4 Å². The molecule has 0 N–H and O–H groups in total. The lowest BCUT2D eigenvalue weighted by Gasteiger charge is -2.36. The maximum absolute atomic E-state index is 13.5. The van der Waals surface area contributed by atoms with Crippen molar-refractivity contribution in [1.82, 2.24) is 0 Å². The van der Waals surface area contributed by atoms with Gasteiger partial charge in [-0.1, -0.05) is 72.3 Å². The maximum atomic E-state index is 13.5. The number of rotatable bonds is 6. The first-order valence-corrected chi connectivity index (χ1v) is 9.73. The van der Waals surface area contributed by atoms with E-state index in [0.717, 1.165) is 5.56 Å². The molecule has 0 saturated heterocycles. The Labute approximate surface area is 174 Å². The zero-order valence-corrected chi connectivity index (χ0v) is 16.4. The largest absolute Gasteiger partial charge is 0.442 e. The zero-order chi connectivity index (χ0) is 20.3. The number of carbonyl (C=O) groups excluding carboxylic acids is 2. The number of benzene rings is 3. The predicted octanol–water partition coefficient (Wildman–Crippen LogP) is 5.20. The van der Waals surface area contributed by atoms with Crippen molar-refractivity contribution in [3.63, 3.8) is 0 Å². The number of esters is 1. The van der Waals surface area contributed by atoms with Crippen LogP contribution in [0, 0.1) is 0 Å². The van der Waals surface area contributed by atoms with Gasteiger partial charge in [0.15, 0.2) is 0 Å². The molecule has 4 rings (SSSR count). The lowest BCUT2D eigenvalue weighted by atomic mass is 9.80. The summed E-state index contributed by atoms with van der Waals surface area (Å²) in [6.07, 6.45) is 0.209. The lowest BCUT2D eigenvalue weighted by molar-refractivity contribution is -0.0319. The highest BCUT2D eigenvalue weighted by atomic mass is 35.5. The van der Waals surface area contributed by atoms with Crippen LogP contribution in [0.5, 0.6) is 0 Å². The number of ketones is 1. The van der Waals surface area contributed by atoms with E-state index in [9.17, 15) is 9.59 Å². The third-order valence-corrected chi connectivity index (χ3v) is 5.30. The minimum Gasteiger partial charge on any atom is -0.442 e. The molecule has 29 heavy (non-hydrogen) atoms. The predicted molar refractivity (Wildman–Crippen MR) is 110 cm³/mol. The molecule has 1 atom stereocenters. The van der Waals surface area contributed by atoms with Crippen molar-refractivity contribution in [2.45, 2.75) is 18.6 Å². The first kappa shape index (κ1) is 19.4. The van der Waals surface area contributed by atoms with E-state index in [1.807, 2.05) is 30.3 Å². The molecule has 0 unspecified atom stereocenters. The van der Waals surface area contributed by atoms with E-state index in [1.165, 1.54) is 0 Å². The molecular formula is C24H19ClO4. The summed E-state index contributed by atoms with van der Waals surface area (Å²) in [5.74, 6) is -0.767. The monoisotopic (exact) mass is 406 g/mol. The summed E-state index contributed by atoms with van der Waals surface area (Å²) in [7, 11) is 0. The van der Waals surface area contributed by atoms with Gasteiger partial charge in [-0.2, -0.15) is 0 Å². The average Bonchev–Trinajstić information content (AvgIpc) is 2.76. The van der Waals surface area contributed by atoms with Crippen molar-refractivity contribution in [1.29, 1.82) is 0 Å². The molecule has 5 heteroatoms. The Morgan fingerprint density at radius 3 is 2.21 bits per heavy atom. The number of fused-ring (bicyclic) bond motifs is 1. The van der Waals surface area contributed by atoms with E-state index in [0.29, 0.717) is 22.8 Å². The van der Waals surface area contributed by atoms with Gasteiger partial charge in [0.05, 0.1) is 18.8 Å². The first-order valence-electron chi connectivity index (χ1n) is 9.35. The van der Waals surface area contributed by atoms with Crippen LogP contribution in [0.4, 0.5) is 0 Å². The van der Waals surface area contributed by atoms with Gasteiger partial charge in [-0.05, 0) is 23.8 Å². The van der Waals surface area contributed by atoms with Gasteiger partial charge in [-0.3, -0.25) is 4.79 Å². The highest BCUT2D eigenvalue weighted by molar-refractivity contribution is 6.30. The van der Waals surface area contributed by atoms with Crippen molar-refractivity contribution in [3.05, 3.63) is 106 Å². The summed E-state index contributed by atoms with van der Waals surface area (Å²) in [6.45, 7) is 0.662. The van der Waals surface area contributed by atoms with Gasteiger partial charge < -0.3 is 9.47 Å². The molecule has 0 amide bonds. The molecule has 0 spiro atoms. The summed E-state index contributed by atoms with van der Waals surface area (Å²) in [4.78, 5) is 26.2. The molecule has 0 aromatic heterocycles. The van der Waals surface area contributed by atoms with Crippen molar-refractivity contribution < 1.29 is 19.1 Å². The second-order valence-electron chi connectivity index (χ2n) is 6.89. The standard InChI is InChI=1S/C24H19ClO4/c25-19-12-10-18(11-13-19)24(14-15-28-16-17-6-2-1-3-7-17)22(26)20-8-4-5-9-21(20)23(27)29-24/h1-13H,14-16H2/t24-/m0/s1. The average molecular weight is 407 g/mol. The molecule has 0 bridgehead atoms. The van der Waals surface area contributed by atoms with Crippen molar-refractivity contribution >= 4 is 23.4 Å². The second-order valence-corrected chi connectivity index (χ2v) is 7.32. The fourth-order valence-electron chi connectivity index (χ4n) is 3.53. The van der Waals surface area contributed by atoms with Crippen molar-refractivity contribution in [2.75, 3.05) is 6.61 Å². The fourth-order valence-corrected chi connectivity index (χ4v) is 3.66. The molecule has 3 aromatic carbocycles. The Bertz CT molecular complexity index is 1030. The molecule has 1 heterocycles. The van der Waals surface area contributed by atoms with E-state index < -0.39 is 11.6 Å². The summed E-state index contributed by atoms with van der Waals surface area (Å²) in [5, 5.41) is 0.541. The maximum Gasteiger partial charge on any atom is 0.340 e. The van der Waals surface area contributed by atoms with Crippen LogP contribution in [-0.4, -0.2) is 18.4 Å². The molecular weight excluding hydrogens is 388 g/mol. The van der Waals surface area contributed by atoms with Gasteiger partial charge in [-0.25, -0.2) is 4.79 Å². The number of halogens is 1. The minimum atomic E-state index is -1.44. The van der Waals surface area contributed by atoms with E-state index in [4.69, 9.17) is 21.1 Å². The topological polar surface area (TPSA) is 52.6 Å². The van der Waals surface area contributed by atoms with Gasteiger partial charge in [0.25, 0.3) is 0 Å². The minimum absolute atomic E-state index is 0.209. The molecule has 0 radical (unpaired) electrons. The number of carbonyl (C=O) groups is 2. The molecule has 4 nitrogen and oxygen atoms in total. The van der Waals surface area contributed by atoms with Gasteiger partial charge in [0, 0.05) is 22.6 Å². The SMILES string of the molecule is O=C1O[C@@](CCOCc2ccccc2)(c2ccc(Cl)cc2)C(=O)c2ccccc21. The number of cyclic esters (lactones) is 1. The summed E-state index contributed by atoms with van der Waals surface area (Å²) >= 11 is 6.02. The van der Waals surface area contributed by atoms with E-state index >= 15 is 0 Å². The van der Waals surface area contributed by atoms with Gasteiger partial charge in [0.2, 0.25) is 11.4 Å². The lowest BCUT2D eigenvalue weighted by Crippen LogP contribution is -2.46. The molecule has 0 saturated carbocycles. The Balaban J connectivity index is 1.63. The summed E-state index contributed by atoms with van der Waals surface area (Å²) in [5.41, 5.74) is 0.824. The quantitative estimate of drug-likeness (QED) is 0.417. The molecule has 0 fully saturated rings. The normalized spacial score (nSPS) is 18.2. The number of Topliss-reactive ketones (excluding diaryl/α,β-unsaturated/α-hetero) is 1. The summed E-state index contributed by atoms with van der Waals surface area (Å²) in [6, 6.07) is 23.3. The van der Waals surface area contributed by atoms with Gasteiger partial charge >= 0.3 is 5.97 Å². The Morgan fingerprint density at radius 2 is 1.48 bits per heavy atom. The molecule has 1 aliphatic rings. The van der Waals surface area contributed by atoms with Crippen LogP contribution in [0.3, 0.4) is 0 Å².